The molecule has 0 spiro atoms. The SMILES string of the molecule is Cc1cc(F)ccc1CC(NN)c1cc(F)cc(F)c1. The molecule has 0 aliphatic carbocycles. The van der Waals surface area contributed by atoms with Gasteiger partial charge in [0, 0.05) is 6.07 Å². The first-order valence-corrected chi connectivity index (χ1v) is 6.16. The van der Waals surface area contributed by atoms with Crippen LogP contribution < -0.4 is 11.3 Å². The Bertz CT molecular complexity index is 594. The summed E-state index contributed by atoms with van der Waals surface area (Å²) < 4.78 is 39.5. The molecule has 106 valence electrons. The molecule has 2 aromatic rings. The highest BCUT2D eigenvalue weighted by atomic mass is 19.1. The number of hydrogen-bond acceptors (Lipinski definition) is 2. The van der Waals surface area contributed by atoms with E-state index in [-0.39, 0.29) is 5.82 Å². The summed E-state index contributed by atoms with van der Waals surface area (Å²) in [7, 11) is 0. The lowest BCUT2D eigenvalue weighted by Gasteiger charge is -2.18. The van der Waals surface area contributed by atoms with Crippen molar-refractivity contribution in [3.05, 3.63) is 70.5 Å². The van der Waals surface area contributed by atoms with E-state index in [2.05, 4.69) is 5.43 Å². The van der Waals surface area contributed by atoms with Gasteiger partial charge in [0.2, 0.25) is 0 Å². The van der Waals surface area contributed by atoms with Crippen molar-refractivity contribution in [2.75, 3.05) is 0 Å². The molecule has 20 heavy (non-hydrogen) atoms. The first-order valence-electron chi connectivity index (χ1n) is 6.16. The van der Waals surface area contributed by atoms with Crippen LogP contribution in [0.1, 0.15) is 22.7 Å². The summed E-state index contributed by atoms with van der Waals surface area (Å²) in [4.78, 5) is 0. The van der Waals surface area contributed by atoms with Gasteiger partial charge >= 0.3 is 0 Å². The first-order chi connectivity index (χ1) is 9.49. The highest BCUT2D eigenvalue weighted by molar-refractivity contribution is 5.30. The summed E-state index contributed by atoms with van der Waals surface area (Å²) in [6.07, 6.45) is 0.408. The van der Waals surface area contributed by atoms with E-state index in [4.69, 9.17) is 5.84 Å². The largest absolute Gasteiger partial charge is 0.271 e. The number of hydrazine groups is 1. The van der Waals surface area contributed by atoms with Crippen LogP contribution in [-0.4, -0.2) is 0 Å². The molecule has 0 aromatic heterocycles. The maximum absolute atomic E-state index is 13.2. The number of nitrogens with one attached hydrogen (secondary N) is 1. The lowest BCUT2D eigenvalue weighted by atomic mass is 9.96. The van der Waals surface area contributed by atoms with Crippen molar-refractivity contribution in [1.29, 1.82) is 0 Å². The fourth-order valence-electron chi connectivity index (χ4n) is 2.16. The third kappa shape index (κ3) is 3.37. The van der Waals surface area contributed by atoms with E-state index >= 15 is 0 Å². The smallest absolute Gasteiger partial charge is 0.126 e. The lowest BCUT2D eigenvalue weighted by molar-refractivity contribution is 0.529. The molecular weight excluding hydrogens is 265 g/mol. The molecule has 0 aliphatic rings. The van der Waals surface area contributed by atoms with Crippen molar-refractivity contribution in [1.82, 2.24) is 5.43 Å². The Morgan fingerprint density at radius 3 is 2.20 bits per heavy atom. The van der Waals surface area contributed by atoms with E-state index in [1.807, 2.05) is 0 Å². The molecule has 3 N–H and O–H groups in total. The molecular formula is C15H15F3N2. The van der Waals surface area contributed by atoms with E-state index in [0.29, 0.717) is 12.0 Å². The Balaban J connectivity index is 2.28. The molecule has 0 amide bonds. The van der Waals surface area contributed by atoms with Crippen molar-refractivity contribution in [2.24, 2.45) is 5.84 Å². The Kier molecular flexibility index (Phi) is 4.42. The number of hydrogen-bond donors (Lipinski definition) is 2. The third-order valence-corrected chi connectivity index (χ3v) is 3.22. The number of nitrogens with two attached hydrogens (primary N) is 1. The van der Waals surface area contributed by atoms with Gasteiger partial charge in [-0.05, 0) is 54.3 Å². The molecule has 0 bridgehead atoms. The summed E-state index contributed by atoms with van der Waals surface area (Å²) in [6, 6.07) is 7.21. The second-order valence-electron chi connectivity index (χ2n) is 4.70. The second kappa shape index (κ2) is 6.07. The average molecular weight is 280 g/mol. The zero-order valence-electron chi connectivity index (χ0n) is 11.0. The molecule has 2 rings (SSSR count). The molecule has 1 unspecified atom stereocenters. The van der Waals surface area contributed by atoms with Gasteiger partial charge in [-0.15, -0.1) is 0 Å². The molecule has 1 atom stereocenters. The van der Waals surface area contributed by atoms with E-state index in [9.17, 15) is 13.2 Å². The van der Waals surface area contributed by atoms with Crippen LogP contribution >= 0.6 is 0 Å². The fourth-order valence-corrected chi connectivity index (χ4v) is 2.16. The number of aryl methyl sites for hydroxylation is 1. The lowest BCUT2D eigenvalue weighted by Crippen LogP contribution is -2.30. The van der Waals surface area contributed by atoms with Gasteiger partial charge in [0.05, 0.1) is 6.04 Å². The van der Waals surface area contributed by atoms with Gasteiger partial charge in [-0.3, -0.25) is 11.3 Å². The minimum Gasteiger partial charge on any atom is -0.271 e. The minimum atomic E-state index is -0.656. The van der Waals surface area contributed by atoms with Crippen molar-refractivity contribution in [3.63, 3.8) is 0 Å². The van der Waals surface area contributed by atoms with Crippen molar-refractivity contribution in [3.8, 4) is 0 Å². The molecule has 0 aliphatic heterocycles. The van der Waals surface area contributed by atoms with Crippen molar-refractivity contribution < 1.29 is 13.2 Å². The Morgan fingerprint density at radius 2 is 1.65 bits per heavy atom. The average Bonchev–Trinajstić information content (AvgIpc) is 2.36. The van der Waals surface area contributed by atoms with E-state index in [1.165, 1.54) is 24.3 Å². The third-order valence-electron chi connectivity index (χ3n) is 3.22. The van der Waals surface area contributed by atoms with Crippen LogP contribution in [0.3, 0.4) is 0 Å². The van der Waals surface area contributed by atoms with Gasteiger partial charge in [-0.1, -0.05) is 6.07 Å². The van der Waals surface area contributed by atoms with Crippen LogP contribution in [0.4, 0.5) is 13.2 Å². The summed E-state index contributed by atoms with van der Waals surface area (Å²) >= 11 is 0. The van der Waals surface area contributed by atoms with E-state index in [1.54, 1.807) is 13.0 Å². The molecule has 5 heteroatoms. The Labute approximate surface area is 115 Å². The van der Waals surface area contributed by atoms with Crippen LogP contribution in [0.15, 0.2) is 36.4 Å². The molecule has 2 aromatic carbocycles. The van der Waals surface area contributed by atoms with Gasteiger partial charge < -0.3 is 0 Å². The first kappa shape index (κ1) is 14.6. The summed E-state index contributed by atoms with van der Waals surface area (Å²) in [6.45, 7) is 1.78. The zero-order valence-corrected chi connectivity index (χ0v) is 11.0. The van der Waals surface area contributed by atoms with E-state index in [0.717, 1.165) is 17.2 Å². The van der Waals surface area contributed by atoms with Crippen molar-refractivity contribution >= 4 is 0 Å². The van der Waals surface area contributed by atoms with Crippen LogP contribution in [0, 0.1) is 24.4 Å². The molecule has 2 nitrogen and oxygen atoms in total. The van der Waals surface area contributed by atoms with Gasteiger partial charge in [0.1, 0.15) is 17.5 Å². The molecule has 0 heterocycles. The zero-order chi connectivity index (χ0) is 14.7. The van der Waals surface area contributed by atoms with Gasteiger partial charge in [0.25, 0.3) is 0 Å². The minimum absolute atomic E-state index is 0.319. The summed E-state index contributed by atoms with van der Waals surface area (Å²) in [5, 5.41) is 0. The predicted octanol–water partition coefficient (Wildman–Crippen LogP) is 3.16. The number of rotatable bonds is 4. The number of halogens is 3. The van der Waals surface area contributed by atoms with Crippen LogP contribution in [0.25, 0.3) is 0 Å². The molecule has 0 saturated heterocycles. The van der Waals surface area contributed by atoms with Gasteiger partial charge in [-0.25, -0.2) is 13.2 Å². The fraction of sp³-hybridized carbons (Fsp3) is 0.200. The van der Waals surface area contributed by atoms with E-state index < -0.39 is 17.7 Å². The number of benzene rings is 2. The topological polar surface area (TPSA) is 38.0 Å². The summed E-state index contributed by atoms with van der Waals surface area (Å²) in [5.41, 5.74) is 4.57. The standard InChI is InChI=1S/C15H15F3N2/c1-9-4-12(16)3-2-10(9)7-15(20-19)11-5-13(17)8-14(18)6-11/h2-6,8,15,20H,7,19H2,1H3. The second-order valence-corrected chi connectivity index (χ2v) is 4.70. The van der Waals surface area contributed by atoms with Crippen molar-refractivity contribution in [2.45, 2.75) is 19.4 Å². The molecule has 0 radical (unpaired) electrons. The highest BCUT2D eigenvalue weighted by Gasteiger charge is 2.14. The normalized spacial score (nSPS) is 12.4. The van der Waals surface area contributed by atoms with Gasteiger partial charge in [-0.2, -0.15) is 0 Å². The quantitative estimate of drug-likeness (QED) is 0.667. The predicted molar refractivity (Wildman–Crippen MR) is 71.3 cm³/mol. The monoisotopic (exact) mass is 280 g/mol. The van der Waals surface area contributed by atoms with Crippen LogP contribution in [0.2, 0.25) is 0 Å². The molecule has 0 fully saturated rings. The van der Waals surface area contributed by atoms with Crippen LogP contribution in [0.5, 0.6) is 0 Å². The maximum atomic E-state index is 13.2. The highest BCUT2D eigenvalue weighted by Crippen LogP contribution is 2.22. The maximum Gasteiger partial charge on any atom is 0.126 e. The Hall–Kier alpha value is -1.85. The Morgan fingerprint density at radius 1 is 1.00 bits per heavy atom. The van der Waals surface area contributed by atoms with Gasteiger partial charge in [0.15, 0.2) is 0 Å². The van der Waals surface area contributed by atoms with Crippen LogP contribution in [-0.2, 0) is 6.42 Å². The molecule has 0 saturated carbocycles. The summed E-state index contributed by atoms with van der Waals surface area (Å²) in [5.74, 6) is 3.83.